The van der Waals surface area contributed by atoms with Crippen LogP contribution in [-0.4, -0.2) is 29.9 Å². The van der Waals surface area contributed by atoms with Gasteiger partial charge in [-0.15, -0.1) is 12.3 Å². The van der Waals surface area contributed by atoms with E-state index in [1.165, 1.54) is 4.90 Å². The first kappa shape index (κ1) is 20.0. The molecule has 0 radical (unpaired) electrons. The number of hydrogen-bond acceptors (Lipinski definition) is 5. The zero-order valence-corrected chi connectivity index (χ0v) is 16.8. The zero-order valence-electron chi connectivity index (χ0n) is 16.8. The summed E-state index contributed by atoms with van der Waals surface area (Å²) in [5.41, 5.74) is 0.0724. The van der Waals surface area contributed by atoms with Crippen molar-refractivity contribution in [2.75, 3.05) is 11.4 Å². The number of amides is 3. The van der Waals surface area contributed by atoms with Gasteiger partial charge in [-0.1, -0.05) is 37.3 Å². The fourth-order valence-electron chi connectivity index (χ4n) is 4.43. The molecule has 1 saturated heterocycles. The summed E-state index contributed by atoms with van der Waals surface area (Å²) in [5, 5.41) is 11.0. The third-order valence-electron chi connectivity index (χ3n) is 6.17. The van der Waals surface area contributed by atoms with E-state index in [9.17, 15) is 14.4 Å². The molecule has 30 heavy (non-hydrogen) atoms. The maximum atomic E-state index is 13.2. The third kappa shape index (κ3) is 3.54. The van der Waals surface area contributed by atoms with Crippen molar-refractivity contribution in [1.29, 1.82) is 0 Å². The van der Waals surface area contributed by atoms with Gasteiger partial charge in [-0.25, -0.2) is 0 Å². The SMILES string of the molecule is C#CCCC1(CCNC(=O)C2C=CC(C)C3C(=O)N(c4ccccc4)C(=O)C23)N=N1. The van der Waals surface area contributed by atoms with Gasteiger partial charge in [-0.05, 0) is 18.1 Å². The van der Waals surface area contributed by atoms with Crippen LogP contribution in [0, 0.1) is 36.0 Å². The summed E-state index contributed by atoms with van der Waals surface area (Å²) in [6, 6.07) is 8.87. The van der Waals surface area contributed by atoms with Gasteiger partial charge in [0.25, 0.3) is 0 Å². The van der Waals surface area contributed by atoms with Gasteiger partial charge in [0.2, 0.25) is 17.7 Å². The van der Waals surface area contributed by atoms with Gasteiger partial charge in [0.05, 0.1) is 23.4 Å². The van der Waals surface area contributed by atoms with Crippen LogP contribution in [0.3, 0.4) is 0 Å². The molecular formula is C23H24N4O3. The molecular weight excluding hydrogens is 380 g/mol. The molecule has 1 fully saturated rings. The summed E-state index contributed by atoms with van der Waals surface area (Å²) < 4.78 is 0. The first-order chi connectivity index (χ1) is 14.5. The van der Waals surface area contributed by atoms with Gasteiger partial charge in [-0.3, -0.25) is 19.3 Å². The van der Waals surface area contributed by atoms with E-state index in [0.717, 1.165) is 0 Å². The summed E-state index contributed by atoms with van der Waals surface area (Å²) in [6.07, 6.45) is 10.8. The van der Waals surface area contributed by atoms with E-state index >= 15 is 0 Å². The molecule has 7 nitrogen and oxygen atoms in total. The monoisotopic (exact) mass is 404 g/mol. The van der Waals surface area contributed by atoms with E-state index in [2.05, 4.69) is 21.5 Å². The maximum Gasteiger partial charge on any atom is 0.238 e. The van der Waals surface area contributed by atoms with E-state index in [0.29, 0.717) is 31.5 Å². The zero-order chi connectivity index (χ0) is 21.3. The first-order valence-corrected chi connectivity index (χ1v) is 10.2. The number of fused-ring (bicyclic) bond motifs is 1. The number of carbonyl (C=O) groups excluding carboxylic acids is 3. The van der Waals surface area contributed by atoms with Crippen LogP contribution in [0.25, 0.3) is 0 Å². The van der Waals surface area contributed by atoms with E-state index in [1.54, 1.807) is 30.3 Å². The Morgan fingerprint density at radius 1 is 1.13 bits per heavy atom. The van der Waals surface area contributed by atoms with Gasteiger partial charge in [0.15, 0.2) is 5.66 Å². The smallest absolute Gasteiger partial charge is 0.238 e. The summed E-state index contributed by atoms with van der Waals surface area (Å²) in [5.74, 6) is -0.239. The molecule has 1 aromatic rings. The van der Waals surface area contributed by atoms with Crippen LogP contribution in [-0.2, 0) is 14.4 Å². The van der Waals surface area contributed by atoms with Gasteiger partial charge in [0, 0.05) is 25.8 Å². The fraction of sp³-hybridized carbons (Fsp3) is 0.435. The van der Waals surface area contributed by atoms with E-state index in [4.69, 9.17) is 6.42 Å². The predicted octanol–water partition coefficient (Wildman–Crippen LogP) is 2.70. The molecule has 1 N–H and O–H groups in total. The average Bonchev–Trinajstić information content (AvgIpc) is 3.46. The molecule has 2 aliphatic heterocycles. The molecule has 154 valence electrons. The Labute approximate surface area is 175 Å². The second-order valence-corrected chi connectivity index (χ2v) is 8.10. The number of hydrogen-bond donors (Lipinski definition) is 1. The summed E-state index contributed by atoms with van der Waals surface area (Å²) in [6.45, 7) is 2.30. The van der Waals surface area contributed by atoms with Crippen molar-refractivity contribution < 1.29 is 14.4 Å². The lowest BCUT2D eigenvalue weighted by Crippen LogP contribution is -2.42. The highest BCUT2D eigenvalue weighted by Crippen LogP contribution is 2.43. The fourth-order valence-corrected chi connectivity index (χ4v) is 4.43. The Bertz CT molecular complexity index is 956. The summed E-state index contributed by atoms with van der Waals surface area (Å²) in [7, 11) is 0. The Kier molecular flexibility index (Phi) is 5.25. The number of nitrogens with one attached hydrogen (secondary N) is 1. The first-order valence-electron chi connectivity index (χ1n) is 10.2. The number of nitrogens with zero attached hydrogens (tertiary/aromatic N) is 3. The standard InChI is InChI=1S/C23H24N4O3/c1-3-4-12-23(25-26-23)13-14-24-20(28)17-11-10-15(2)18-19(17)22(30)27(21(18)29)16-8-6-5-7-9-16/h1,5-11,15,17-19H,4,12-14H2,2H3,(H,24,28). The minimum Gasteiger partial charge on any atom is -0.355 e. The molecule has 7 heteroatoms. The highest BCUT2D eigenvalue weighted by molar-refractivity contribution is 6.23. The Hall–Kier alpha value is -3.27. The molecule has 4 atom stereocenters. The van der Waals surface area contributed by atoms with Gasteiger partial charge in [0.1, 0.15) is 0 Å². The minimum atomic E-state index is -0.691. The van der Waals surface area contributed by atoms with E-state index in [1.807, 2.05) is 19.1 Å². The number of benzene rings is 1. The summed E-state index contributed by atoms with van der Waals surface area (Å²) >= 11 is 0. The van der Waals surface area contributed by atoms with Crippen molar-refractivity contribution in [3.63, 3.8) is 0 Å². The molecule has 0 bridgehead atoms. The minimum absolute atomic E-state index is 0.111. The topological polar surface area (TPSA) is 91.2 Å². The van der Waals surface area contributed by atoms with Crippen LogP contribution in [0.2, 0.25) is 0 Å². The van der Waals surface area contributed by atoms with Crippen molar-refractivity contribution in [1.82, 2.24) is 5.32 Å². The van der Waals surface area contributed by atoms with Gasteiger partial charge >= 0.3 is 0 Å². The molecule has 3 aliphatic rings. The van der Waals surface area contributed by atoms with Gasteiger partial charge < -0.3 is 5.32 Å². The molecule has 0 spiro atoms. The number of para-hydroxylation sites is 1. The maximum absolute atomic E-state index is 13.2. The molecule has 4 unspecified atom stereocenters. The van der Waals surface area contributed by atoms with Crippen molar-refractivity contribution in [3.8, 4) is 12.3 Å². The highest BCUT2D eigenvalue weighted by Gasteiger charge is 2.55. The number of allylic oxidation sites excluding steroid dienone is 1. The van der Waals surface area contributed by atoms with Crippen LogP contribution in [0.1, 0.15) is 26.2 Å². The lowest BCUT2D eigenvalue weighted by atomic mass is 9.72. The van der Waals surface area contributed by atoms with Crippen LogP contribution >= 0.6 is 0 Å². The normalized spacial score (nSPS) is 28.2. The lowest BCUT2D eigenvalue weighted by Gasteiger charge is -2.29. The van der Waals surface area contributed by atoms with Crippen LogP contribution in [0.5, 0.6) is 0 Å². The van der Waals surface area contributed by atoms with Gasteiger partial charge in [-0.2, -0.15) is 10.2 Å². The van der Waals surface area contributed by atoms with E-state index in [-0.39, 0.29) is 23.6 Å². The average molecular weight is 404 g/mol. The molecule has 0 aromatic heterocycles. The van der Waals surface area contributed by atoms with Crippen molar-refractivity contribution in [3.05, 3.63) is 42.5 Å². The van der Waals surface area contributed by atoms with Crippen molar-refractivity contribution >= 4 is 23.4 Å². The Morgan fingerprint density at radius 2 is 1.83 bits per heavy atom. The highest BCUT2D eigenvalue weighted by atomic mass is 16.2. The molecule has 1 aliphatic carbocycles. The quantitative estimate of drug-likeness (QED) is 0.430. The predicted molar refractivity (Wildman–Crippen MR) is 111 cm³/mol. The molecule has 1 aromatic carbocycles. The molecule has 4 rings (SSSR count). The summed E-state index contributed by atoms with van der Waals surface area (Å²) in [4.78, 5) is 40.5. The Morgan fingerprint density at radius 3 is 2.50 bits per heavy atom. The second-order valence-electron chi connectivity index (χ2n) is 8.10. The molecule has 0 saturated carbocycles. The van der Waals surface area contributed by atoms with Crippen LogP contribution in [0.15, 0.2) is 52.7 Å². The molecule has 3 amide bonds. The van der Waals surface area contributed by atoms with Crippen LogP contribution in [0.4, 0.5) is 5.69 Å². The third-order valence-corrected chi connectivity index (χ3v) is 6.17. The number of carbonyl (C=O) groups is 3. The van der Waals surface area contributed by atoms with Crippen molar-refractivity contribution in [2.45, 2.75) is 31.8 Å². The van der Waals surface area contributed by atoms with Crippen LogP contribution < -0.4 is 10.2 Å². The second kappa shape index (κ2) is 7.86. The number of terminal acetylenes is 1. The number of rotatable bonds is 7. The largest absolute Gasteiger partial charge is 0.355 e. The molecule has 2 heterocycles. The van der Waals surface area contributed by atoms with Crippen molar-refractivity contribution in [2.24, 2.45) is 33.9 Å². The van der Waals surface area contributed by atoms with E-state index < -0.39 is 23.4 Å². The number of imide groups is 1. The number of anilines is 1. The lowest BCUT2D eigenvalue weighted by molar-refractivity contribution is -0.132. The Balaban J connectivity index is 1.46.